The molecular weight excluding hydrogens is 287 g/mol. The van der Waals surface area contributed by atoms with Crippen LogP contribution in [0.1, 0.15) is 24.1 Å². The molecular formula is C15H13ClF3N. The van der Waals surface area contributed by atoms with Gasteiger partial charge in [0, 0.05) is 29.2 Å². The van der Waals surface area contributed by atoms with Gasteiger partial charge in [-0.15, -0.1) is 0 Å². The van der Waals surface area contributed by atoms with Crippen LogP contribution in [0.2, 0.25) is 5.02 Å². The largest absolute Gasteiger partial charge is 0.306 e. The van der Waals surface area contributed by atoms with Crippen LogP contribution < -0.4 is 5.32 Å². The van der Waals surface area contributed by atoms with Gasteiger partial charge in [0.2, 0.25) is 0 Å². The van der Waals surface area contributed by atoms with E-state index in [0.29, 0.717) is 11.1 Å². The van der Waals surface area contributed by atoms with Gasteiger partial charge in [-0.25, -0.2) is 13.2 Å². The first-order valence-corrected chi connectivity index (χ1v) is 6.47. The molecule has 0 aliphatic carbocycles. The molecule has 20 heavy (non-hydrogen) atoms. The maximum absolute atomic E-state index is 13.5. The predicted octanol–water partition coefficient (Wildman–Crippen LogP) is 4.61. The molecule has 0 unspecified atom stereocenters. The summed E-state index contributed by atoms with van der Waals surface area (Å²) in [7, 11) is 0. The van der Waals surface area contributed by atoms with Crippen molar-refractivity contribution in [3.63, 3.8) is 0 Å². The quantitative estimate of drug-likeness (QED) is 0.813. The number of benzene rings is 2. The molecule has 5 heteroatoms. The Morgan fingerprint density at radius 1 is 1.00 bits per heavy atom. The van der Waals surface area contributed by atoms with E-state index in [2.05, 4.69) is 5.32 Å². The highest BCUT2D eigenvalue weighted by Crippen LogP contribution is 2.18. The topological polar surface area (TPSA) is 12.0 Å². The van der Waals surface area contributed by atoms with Gasteiger partial charge in [0.15, 0.2) is 11.6 Å². The third-order valence-electron chi connectivity index (χ3n) is 3.06. The highest BCUT2D eigenvalue weighted by atomic mass is 35.5. The molecule has 0 saturated heterocycles. The SMILES string of the molecule is C[C@H](NCc1cc(F)c(F)cc1F)c1ccc(Cl)cc1. The van der Waals surface area contributed by atoms with Crippen LogP contribution in [0.5, 0.6) is 0 Å². The number of hydrogen-bond acceptors (Lipinski definition) is 1. The second-order valence-corrected chi connectivity index (χ2v) is 4.95. The number of nitrogens with one attached hydrogen (secondary N) is 1. The van der Waals surface area contributed by atoms with Crippen LogP contribution >= 0.6 is 11.6 Å². The lowest BCUT2D eigenvalue weighted by molar-refractivity contribution is 0.482. The Hall–Kier alpha value is -1.52. The average molecular weight is 300 g/mol. The molecule has 0 aliphatic heterocycles. The maximum Gasteiger partial charge on any atom is 0.161 e. The predicted molar refractivity (Wildman–Crippen MR) is 73.0 cm³/mol. The van der Waals surface area contributed by atoms with Crippen molar-refractivity contribution in [2.75, 3.05) is 0 Å². The summed E-state index contributed by atoms with van der Waals surface area (Å²) in [4.78, 5) is 0. The Bertz CT molecular complexity index is 599. The van der Waals surface area contributed by atoms with Gasteiger partial charge < -0.3 is 5.32 Å². The molecule has 2 aromatic carbocycles. The first-order valence-electron chi connectivity index (χ1n) is 6.09. The van der Waals surface area contributed by atoms with E-state index < -0.39 is 17.5 Å². The Labute approximate surface area is 120 Å². The molecule has 1 atom stereocenters. The Kier molecular flexibility index (Phi) is 4.68. The molecule has 1 nitrogen and oxygen atoms in total. The van der Waals surface area contributed by atoms with Crippen LogP contribution in [-0.4, -0.2) is 0 Å². The van der Waals surface area contributed by atoms with Crippen LogP contribution in [0.3, 0.4) is 0 Å². The lowest BCUT2D eigenvalue weighted by atomic mass is 10.1. The average Bonchev–Trinajstić information content (AvgIpc) is 2.42. The van der Waals surface area contributed by atoms with Crippen LogP contribution in [0.4, 0.5) is 13.2 Å². The van der Waals surface area contributed by atoms with Crippen LogP contribution in [0.25, 0.3) is 0 Å². The smallest absolute Gasteiger partial charge is 0.161 e. The van der Waals surface area contributed by atoms with E-state index in [0.717, 1.165) is 11.6 Å². The molecule has 0 spiro atoms. The van der Waals surface area contributed by atoms with Gasteiger partial charge in [-0.3, -0.25) is 0 Å². The van der Waals surface area contributed by atoms with Crippen LogP contribution in [0.15, 0.2) is 36.4 Å². The molecule has 2 rings (SSSR count). The second-order valence-electron chi connectivity index (χ2n) is 4.51. The fourth-order valence-corrected chi connectivity index (χ4v) is 1.96. The summed E-state index contributed by atoms with van der Waals surface area (Å²) < 4.78 is 39.4. The van der Waals surface area contributed by atoms with E-state index in [9.17, 15) is 13.2 Å². The fraction of sp³-hybridized carbons (Fsp3) is 0.200. The molecule has 0 bridgehead atoms. The minimum Gasteiger partial charge on any atom is -0.306 e. The molecule has 1 N–H and O–H groups in total. The van der Waals surface area contributed by atoms with Gasteiger partial charge in [-0.1, -0.05) is 23.7 Å². The molecule has 0 radical (unpaired) electrons. The van der Waals surface area contributed by atoms with Gasteiger partial charge in [0.05, 0.1) is 0 Å². The van der Waals surface area contributed by atoms with Crippen molar-refractivity contribution in [1.82, 2.24) is 5.32 Å². The van der Waals surface area contributed by atoms with Crippen molar-refractivity contribution in [2.24, 2.45) is 0 Å². The van der Waals surface area contributed by atoms with E-state index in [4.69, 9.17) is 11.6 Å². The Morgan fingerprint density at radius 2 is 1.60 bits per heavy atom. The van der Waals surface area contributed by atoms with Crippen molar-refractivity contribution in [3.8, 4) is 0 Å². The summed E-state index contributed by atoms with van der Waals surface area (Å²) >= 11 is 5.80. The van der Waals surface area contributed by atoms with Crippen LogP contribution in [-0.2, 0) is 6.54 Å². The minimum absolute atomic E-state index is 0.0696. The normalized spacial score (nSPS) is 12.4. The Morgan fingerprint density at radius 3 is 2.25 bits per heavy atom. The van der Waals surface area contributed by atoms with Crippen molar-refractivity contribution >= 4 is 11.6 Å². The first kappa shape index (κ1) is 14.9. The standard InChI is InChI=1S/C15H13ClF3N/c1-9(10-2-4-12(16)5-3-10)20-8-11-6-14(18)15(19)7-13(11)17/h2-7,9,20H,8H2,1H3/t9-/m0/s1. The van der Waals surface area contributed by atoms with E-state index in [1.165, 1.54) is 0 Å². The molecule has 106 valence electrons. The molecule has 0 heterocycles. The maximum atomic E-state index is 13.5. The van der Waals surface area contributed by atoms with E-state index in [1.54, 1.807) is 12.1 Å². The third kappa shape index (κ3) is 3.52. The van der Waals surface area contributed by atoms with Crippen molar-refractivity contribution < 1.29 is 13.2 Å². The summed E-state index contributed by atoms with van der Waals surface area (Å²) in [5, 5.41) is 3.68. The molecule has 0 amide bonds. The summed E-state index contributed by atoms with van der Waals surface area (Å²) in [6.07, 6.45) is 0. The molecule has 0 saturated carbocycles. The number of hydrogen-bond donors (Lipinski definition) is 1. The minimum atomic E-state index is -1.18. The zero-order chi connectivity index (χ0) is 14.7. The summed E-state index contributed by atoms with van der Waals surface area (Å²) in [5.74, 6) is -3.00. The molecule has 0 fully saturated rings. The lowest BCUT2D eigenvalue weighted by Gasteiger charge is -2.15. The van der Waals surface area contributed by atoms with Crippen molar-refractivity contribution in [2.45, 2.75) is 19.5 Å². The molecule has 0 aromatic heterocycles. The number of halogens is 4. The number of rotatable bonds is 4. The van der Waals surface area contributed by atoms with Crippen molar-refractivity contribution in [1.29, 1.82) is 0 Å². The first-order chi connectivity index (χ1) is 9.47. The monoisotopic (exact) mass is 299 g/mol. The lowest BCUT2D eigenvalue weighted by Crippen LogP contribution is -2.19. The van der Waals surface area contributed by atoms with Crippen molar-refractivity contribution in [3.05, 3.63) is 70.0 Å². The van der Waals surface area contributed by atoms with Gasteiger partial charge in [0.1, 0.15) is 5.82 Å². The highest BCUT2D eigenvalue weighted by molar-refractivity contribution is 6.30. The molecule has 2 aromatic rings. The summed E-state index contributed by atoms with van der Waals surface area (Å²) in [6.45, 7) is 1.99. The van der Waals surface area contributed by atoms with E-state index >= 15 is 0 Å². The van der Waals surface area contributed by atoms with E-state index in [1.807, 2.05) is 19.1 Å². The highest BCUT2D eigenvalue weighted by Gasteiger charge is 2.11. The third-order valence-corrected chi connectivity index (χ3v) is 3.31. The fourth-order valence-electron chi connectivity index (χ4n) is 1.83. The summed E-state index contributed by atoms with van der Waals surface area (Å²) in [5.41, 5.74) is 1.06. The summed E-state index contributed by atoms with van der Waals surface area (Å²) in [6, 6.07) is 8.56. The van der Waals surface area contributed by atoms with Gasteiger partial charge in [-0.05, 0) is 30.7 Å². The Balaban J connectivity index is 2.05. The molecule has 0 aliphatic rings. The van der Waals surface area contributed by atoms with Gasteiger partial charge >= 0.3 is 0 Å². The zero-order valence-corrected chi connectivity index (χ0v) is 11.5. The van der Waals surface area contributed by atoms with Gasteiger partial charge in [0.25, 0.3) is 0 Å². The second kappa shape index (κ2) is 6.29. The van der Waals surface area contributed by atoms with E-state index in [-0.39, 0.29) is 18.2 Å². The van der Waals surface area contributed by atoms with Gasteiger partial charge in [-0.2, -0.15) is 0 Å². The van der Waals surface area contributed by atoms with Crippen LogP contribution in [0, 0.1) is 17.5 Å². The zero-order valence-electron chi connectivity index (χ0n) is 10.8.